The van der Waals surface area contributed by atoms with E-state index in [1.807, 2.05) is 0 Å². The molecule has 1 N–H and O–H groups in total. The van der Waals surface area contributed by atoms with Crippen molar-refractivity contribution < 1.29 is 28.7 Å². The van der Waals surface area contributed by atoms with Crippen LogP contribution >= 0.6 is 0 Å². The van der Waals surface area contributed by atoms with E-state index < -0.39 is 42.3 Å². The molecule has 0 spiro atoms. The highest BCUT2D eigenvalue weighted by atomic mass is 16.4. The van der Waals surface area contributed by atoms with E-state index in [-0.39, 0.29) is 11.1 Å². The first kappa shape index (κ1) is 16.8. The Labute approximate surface area is 153 Å². The van der Waals surface area contributed by atoms with Crippen LogP contribution in [0.25, 0.3) is 6.08 Å². The van der Waals surface area contributed by atoms with Crippen molar-refractivity contribution in [2.75, 3.05) is 6.54 Å². The molecular formula is C19H14N2O6. The fourth-order valence-corrected chi connectivity index (χ4v) is 3.39. The number of carboxylic acids is 1. The van der Waals surface area contributed by atoms with Gasteiger partial charge >= 0.3 is 5.97 Å². The minimum absolute atomic E-state index is 0.237. The molecule has 1 fully saturated rings. The normalized spacial score (nSPS) is 21.7. The third kappa shape index (κ3) is 2.62. The number of aliphatic carboxylic acids is 1. The first-order chi connectivity index (χ1) is 13.0. The zero-order valence-corrected chi connectivity index (χ0v) is 13.9. The Kier molecular flexibility index (Phi) is 3.88. The molecule has 2 aliphatic rings. The summed E-state index contributed by atoms with van der Waals surface area (Å²) in [5.74, 6) is -2.37. The number of imide groups is 1. The minimum Gasteiger partial charge on any atom is -0.480 e. The maximum atomic E-state index is 12.7. The summed E-state index contributed by atoms with van der Waals surface area (Å²) in [5, 5.41) is 9.05. The highest BCUT2D eigenvalue weighted by Crippen LogP contribution is 2.33. The number of carboxylic acid groups (broad SMARTS) is 1. The second-order valence-electron chi connectivity index (χ2n) is 6.20. The fourth-order valence-electron chi connectivity index (χ4n) is 3.39. The molecule has 8 nitrogen and oxygen atoms in total. The molecule has 3 heterocycles. The Morgan fingerprint density at radius 3 is 2.30 bits per heavy atom. The fraction of sp³-hybridized carbons (Fsp3) is 0.158. The molecule has 2 aromatic rings. The first-order valence-electron chi connectivity index (χ1n) is 8.20. The quantitative estimate of drug-likeness (QED) is 0.630. The average molecular weight is 366 g/mol. The van der Waals surface area contributed by atoms with Crippen LogP contribution in [0, 0.1) is 0 Å². The van der Waals surface area contributed by atoms with E-state index in [2.05, 4.69) is 0 Å². The number of hydrogen-bond donors (Lipinski definition) is 1. The van der Waals surface area contributed by atoms with Gasteiger partial charge in [0, 0.05) is 0 Å². The van der Waals surface area contributed by atoms with Crippen molar-refractivity contribution in [1.82, 2.24) is 9.80 Å². The number of β-lactam (4-membered cyclic amide) rings is 1. The van der Waals surface area contributed by atoms with E-state index in [4.69, 9.17) is 9.52 Å². The van der Waals surface area contributed by atoms with Gasteiger partial charge in [0.1, 0.15) is 18.3 Å². The average Bonchev–Trinajstić information content (AvgIpc) is 3.25. The third-order valence-electron chi connectivity index (χ3n) is 4.63. The lowest BCUT2D eigenvalue weighted by Gasteiger charge is -2.47. The summed E-state index contributed by atoms with van der Waals surface area (Å²) in [4.78, 5) is 51.0. The van der Waals surface area contributed by atoms with E-state index in [1.165, 1.54) is 18.4 Å². The molecule has 8 heteroatoms. The number of carbonyl (C=O) groups is 4. The second-order valence-corrected chi connectivity index (χ2v) is 6.20. The molecule has 0 bridgehead atoms. The number of hydrogen-bond acceptors (Lipinski definition) is 5. The summed E-state index contributed by atoms with van der Waals surface area (Å²) in [7, 11) is 0. The highest BCUT2D eigenvalue weighted by molar-refractivity contribution is 6.23. The van der Waals surface area contributed by atoms with Crippen molar-refractivity contribution in [3.05, 3.63) is 65.6 Å². The van der Waals surface area contributed by atoms with Gasteiger partial charge in [-0.3, -0.25) is 24.1 Å². The van der Waals surface area contributed by atoms with Gasteiger partial charge in [0.05, 0.1) is 23.4 Å². The minimum atomic E-state index is -1.18. The van der Waals surface area contributed by atoms with Crippen molar-refractivity contribution in [3.63, 3.8) is 0 Å². The van der Waals surface area contributed by atoms with Gasteiger partial charge in [-0.05, 0) is 30.3 Å². The van der Waals surface area contributed by atoms with Gasteiger partial charge in [0.25, 0.3) is 11.8 Å². The summed E-state index contributed by atoms with van der Waals surface area (Å²) in [6.45, 7) is -0.522. The van der Waals surface area contributed by atoms with Gasteiger partial charge in [-0.25, -0.2) is 0 Å². The molecule has 3 amide bonds. The van der Waals surface area contributed by atoms with Crippen LogP contribution in [0.3, 0.4) is 0 Å². The van der Waals surface area contributed by atoms with Crippen LogP contribution in [0.5, 0.6) is 0 Å². The van der Waals surface area contributed by atoms with Crippen LogP contribution in [0.2, 0.25) is 0 Å². The van der Waals surface area contributed by atoms with Crippen LogP contribution in [-0.4, -0.2) is 57.2 Å². The summed E-state index contributed by atoms with van der Waals surface area (Å²) in [6.07, 6.45) is 4.62. The molecule has 2 aliphatic heterocycles. The lowest BCUT2D eigenvalue weighted by Crippen LogP contribution is -2.71. The van der Waals surface area contributed by atoms with Crippen molar-refractivity contribution >= 4 is 29.8 Å². The summed E-state index contributed by atoms with van der Waals surface area (Å²) >= 11 is 0. The molecule has 0 radical (unpaired) electrons. The van der Waals surface area contributed by atoms with E-state index in [0.717, 1.165) is 9.80 Å². The molecule has 1 aromatic heterocycles. The molecule has 2 atom stereocenters. The zero-order chi connectivity index (χ0) is 19.1. The van der Waals surface area contributed by atoms with Crippen LogP contribution < -0.4 is 0 Å². The Bertz CT molecular complexity index is 943. The van der Waals surface area contributed by atoms with E-state index in [1.54, 1.807) is 36.4 Å². The lowest BCUT2D eigenvalue weighted by atomic mass is 9.92. The van der Waals surface area contributed by atoms with Gasteiger partial charge in [-0.2, -0.15) is 0 Å². The summed E-state index contributed by atoms with van der Waals surface area (Å²) in [6, 6.07) is 7.88. The predicted molar refractivity (Wildman–Crippen MR) is 91.6 cm³/mol. The van der Waals surface area contributed by atoms with E-state index in [0.29, 0.717) is 5.76 Å². The molecule has 1 saturated heterocycles. The van der Waals surface area contributed by atoms with Gasteiger partial charge in [0.15, 0.2) is 0 Å². The molecule has 0 saturated carbocycles. The monoisotopic (exact) mass is 366 g/mol. The van der Waals surface area contributed by atoms with Gasteiger partial charge < -0.3 is 14.4 Å². The van der Waals surface area contributed by atoms with Crippen molar-refractivity contribution in [1.29, 1.82) is 0 Å². The first-order valence-corrected chi connectivity index (χ1v) is 8.20. The van der Waals surface area contributed by atoms with Crippen molar-refractivity contribution in [2.45, 2.75) is 12.1 Å². The molecule has 136 valence electrons. The predicted octanol–water partition coefficient (Wildman–Crippen LogP) is 1.25. The SMILES string of the molecule is O=C(O)CN1C(=O)C(N2C(=O)c3ccccc3C2=O)C1/C=C\c1ccco1. The topological polar surface area (TPSA) is 108 Å². The standard InChI is InChI=1S/C19H14N2O6/c22-15(23)10-20-14(8-7-11-4-3-9-27-11)16(19(20)26)21-17(24)12-5-1-2-6-13(12)18(21)25/h1-9,14,16H,10H2,(H,22,23)/b8-7-. The van der Waals surface area contributed by atoms with Crippen LogP contribution in [0.15, 0.2) is 53.2 Å². The van der Waals surface area contributed by atoms with Crippen LogP contribution in [0.1, 0.15) is 26.5 Å². The Morgan fingerprint density at radius 1 is 1.07 bits per heavy atom. The maximum absolute atomic E-state index is 12.7. The Balaban J connectivity index is 1.66. The Hall–Kier alpha value is -3.68. The molecule has 2 unspecified atom stereocenters. The number of amides is 3. The van der Waals surface area contributed by atoms with E-state index in [9.17, 15) is 19.2 Å². The number of furan rings is 1. The third-order valence-corrected chi connectivity index (χ3v) is 4.63. The lowest BCUT2D eigenvalue weighted by molar-refractivity contribution is -0.159. The van der Waals surface area contributed by atoms with Gasteiger partial charge in [-0.1, -0.05) is 18.2 Å². The second kappa shape index (κ2) is 6.24. The maximum Gasteiger partial charge on any atom is 0.323 e. The summed E-state index contributed by atoms with van der Waals surface area (Å²) < 4.78 is 5.20. The molecular weight excluding hydrogens is 352 g/mol. The van der Waals surface area contributed by atoms with Crippen molar-refractivity contribution in [3.8, 4) is 0 Å². The Morgan fingerprint density at radius 2 is 1.74 bits per heavy atom. The molecule has 1 aromatic carbocycles. The van der Waals surface area contributed by atoms with Gasteiger partial charge in [0.2, 0.25) is 5.91 Å². The number of nitrogens with zero attached hydrogens (tertiary/aromatic N) is 2. The van der Waals surface area contributed by atoms with Gasteiger partial charge in [-0.15, -0.1) is 0 Å². The van der Waals surface area contributed by atoms with Crippen molar-refractivity contribution in [2.24, 2.45) is 0 Å². The number of benzene rings is 1. The molecule has 4 rings (SSSR count). The smallest absolute Gasteiger partial charge is 0.323 e. The largest absolute Gasteiger partial charge is 0.480 e. The number of rotatable bonds is 5. The zero-order valence-electron chi connectivity index (χ0n) is 13.9. The van der Waals surface area contributed by atoms with E-state index >= 15 is 0 Å². The summed E-state index contributed by atoms with van der Waals surface area (Å²) in [5.41, 5.74) is 0.474. The van der Waals surface area contributed by atoms with Crippen LogP contribution in [0.4, 0.5) is 0 Å². The number of carbonyl (C=O) groups excluding carboxylic acids is 3. The van der Waals surface area contributed by atoms with Crippen LogP contribution in [-0.2, 0) is 9.59 Å². The highest BCUT2D eigenvalue weighted by Gasteiger charge is 2.55. The number of fused-ring (bicyclic) bond motifs is 1. The number of likely N-dealkylation sites (tertiary alicyclic amines) is 1. The molecule has 27 heavy (non-hydrogen) atoms. The molecule has 0 aliphatic carbocycles.